The molecule has 0 aliphatic carbocycles. The molecule has 0 amide bonds. The Morgan fingerprint density at radius 3 is 2.86 bits per heavy atom. The summed E-state index contributed by atoms with van der Waals surface area (Å²) in [7, 11) is 1.71. The topological polar surface area (TPSA) is 72.6 Å². The average Bonchev–Trinajstić information content (AvgIpc) is 3.14. The third-order valence-electron chi connectivity index (χ3n) is 4.57. The van der Waals surface area contributed by atoms with E-state index in [1.807, 2.05) is 0 Å². The summed E-state index contributed by atoms with van der Waals surface area (Å²) in [5.41, 5.74) is 0. The van der Waals surface area contributed by atoms with E-state index in [1.165, 1.54) is 0 Å². The first-order valence-corrected chi connectivity index (χ1v) is 7.66. The normalized spacial score (nSPS) is 28.3. The van der Waals surface area contributed by atoms with Gasteiger partial charge in [-0.25, -0.2) is 0 Å². The smallest absolute Gasteiger partial charge is 0.136 e. The molecule has 1 aromatic heterocycles. The first-order chi connectivity index (χ1) is 10.3. The highest BCUT2D eigenvalue weighted by Crippen LogP contribution is 2.29. The van der Waals surface area contributed by atoms with E-state index in [0.29, 0.717) is 25.7 Å². The third-order valence-corrected chi connectivity index (χ3v) is 4.57. The number of rotatable bonds is 5. The van der Waals surface area contributed by atoms with Gasteiger partial charge >= 0.3 is 0 Å². The maximum absolute atomic E-state index is 9.93. The second-order valence-corrected chi connectivity index (χ2v) is 5.86. The Hall–Kier alpha value is -1.02. The van der Waals surface area contributed by atoms with Crippen LogP contribution in [0.2, 0.25) is 0 Å². The number of aliphatic hydroxyl groups is 1. The molecule has 0 spiro atoms. The van der Waals surface area contributed by atoms with Gasteiger partial charge in [-0.3, -0.25) is 4.90 Å². The number of methoxy groups -OCH3 is 1. The summed E-state index contributed by atoms with van der Waals surface area (Å²) in [5, 5.41) is 18.3. The van der Waals surface area contributed by atoms with Crippen molar-refractivity contribution in [2.45, 2.75) is 37.5 Å². The van der Waals surface area contributed by atoms with E-state index in [1.54, 1.807) is 13.4 Å². The van der Waals surface area contributed by atoms with Gasteiger partial charge in [0.1, 0.15) is 12.2 Å². The molecule has 2 atom stereocenters. The second-order valence-electron chi connectivity index (χ2n) is 5.86. The predicted octanol–water partition coefficient (Wildman–Crippen LogP) is -0.136. The molecular formula is C14H24N4O3. The molecule has 3 heterocycles. The maximum atomic E-state index is 9.93. The highest BCUT2D eigenvalue weighted by molar-refractivity contribution is 5.00. The molecule has 118 valence electrons. The Morgan fingerprint density at radius 1 is 1.38 bits per heavy atom. The lowest BCUT2D eigenvalue weighted by Crippen LogP contribution is -2.46. The molecular weight excluding hydrogens is 272 g/mol. The van der Waals surface area contributed by atoms with E-state index in [-0.39, 0.29) is 12.1 Å². The molecule has 1 N–H and O–H groups in total. The summed E-state index contributed by atoms with van der Waals surface area (Å²) in [5.74, 6) is 1.51. The maximum Gasteiger partial charge on any atom is 0.136 e. The Labute approximate surface area is 124 Å². The molecule has 0 unspecified atom stereocenters. The molecule has 2 fully saturated rings. The van der Waals surface area contributed by atoms with E-state index in [2.05, 4.69) is 19.7 Å². The van der Waals surface area contributed by atoms with Crippen LogP contribution in [0.1, 0.15) is 24.6 Å². The van der Waals surface area contributed by atoms with Gasteiger partial charge in [0.25, 0.3) is 0 Å². The Morgan fingerprint density at radius 2 is 2.19 bits per heavy atom. The number of likely N-dealkylation sites (tertiary alicyclic amines) is 1. The van der Waals surface area contributed by atoms with Gasteiger partial charge in [-0.15, -0.1) is 10.2 Å². The Bertz CT molecular complexity index is 445. The SMILES string of the molecule is COCCn1cnnc1C1CCN([C@@H]2COC[C@@H]2O)CC1. The van der Waals surface area contributed by atoms with Crippen LogP contribution in [0.4, 0.5) is 0 Å². The average molecular weight is 296 g/mol. The van der Waals surface area contributed by atoms with E-state index < -0.39 is 0 Å². The van der Waals surface area contributed by atoms with E-state index in [0.717, 1.165) is 38.3 Å². The van der Waals surface area contributed by atoms with Crippen LogP contribution in [0.15, 0.2) is 6.33 Å². The van der Waals surface area contributed by atoms with Crippen molar-refractivity contribution < 1.29 is 14.6 Å². The van der Waals surface area contributed by atoms with Crippen molar-refractivity contribution in [1.29, 1.82) is 0 Å². The van der Waals surface area contributed by atoms with Crippen LogP contribution in [0, 0.1) is 0 Å². The third kappa shape index (κ3) is 3.26. The lowest BCUT2D eigenvalue weighted by molar-refractivity contribution is 0.0652. The molecule has 0 radical (unpaired) electrons. The molecule has 0 aromatic carbocycles. The first-order valence-electron chi connectivity index (χ1n) is 7.66. The summed E-state index contributed by atoms with van der Waals surface area (Å²) in [6.07, 6.45) is 3.55. The fraction of sp³-hybridized carbons (Fsp3) is 0.857. The van der Waals surface area contributed by atoms with Crippen LogP contribution in [0.5, 0.6) is 0 Å². The van der Waals surface area contributed by atoms with E-state index in [9.17, 15) is 5.11 Å². The summed E-state index contributed by atoms with van der Waals surface area (Å²) in [6, 6.07) is 0.164. The van der Waals surface area contributed by atoms with Crippen LogP contribution in [-0.2, 0) is 16.0 Å². The zero-order valence-corrected chi connectivity index (χ0v) is 12.5. The van der Waals surface area contributed by atoms with Crippen molar-refractivity contribution in [3.05, 3.63) is 12.2 Å². The molecule has 3 rings (SSSR count). The monoisotopic (exact) mass is 296 g/mol. The van der Waals surface area contributed by atoms with E-state index >= 15 is 0 Å². The number of ether oxygens (including phenoxy) is 2. The number of piperidine rings is 1. The zero-order valence-electron chi connectivity index (χ0n) is 12.5. The number of nitrogens with zero attached hydrogens (tertiary/aromatic N) is 4. The van der Waals surface area contributed by atoms with E-state index in [4.69, 9.17) is 9.47 Å². The highest BCUT2D eigenvalue weighted by atomic mass is 16.5. The molecule has 7 heteroatoms. The fourth-order valence-electron chi connectivity index (χ4n) is 3.31. The van der Waals surface area contributed by atoms with Crippen LogP contribution in [0.25, 0.3) is 0 Å². The number of aliphatic hydroxyl groups excluding tert-OH is 1. The van der Waals surface area contributed by atoms with Crippen molar-refractivity contribution >= 4 is 0 Å². The fourth-order valence-corrected chi connectivity index (χ4v) is 3.31. The lowest BCUT2D eigenvalue weighted by Gasteiger charge is -2.36. The zero-order chi connectivity index (χ0) is 14.7. The Balaban J connectivity index is 1.57. The predicted molar refractivity (Wildman–Crippen MR) is 76.1 cm³/mol. The lowest BCUT2D eigenvalue weighted by atomic mass is 9.94. The summed E-state index contributed by atoms with van der Waals surface area (Å²) < 4.78 is 12.6. The van der Waals surface area contributed by atoms with Crippen molar-refractivity contribution in [3.8, 4) is 0 Å². The minimum atomic E-state index is -0.341. The van der Waals surface area contributed by atoms with Crippen LogP contribution < -0.4 is 0 Å². The van der Waals surface area contributed by atoms with Gasteiger partial charge in [0.05, 0.1) is 32.0 Å². The van der Waals surface area contributed by atoms with Gasteiger partial charge in [-0.05, 0) is 25.9 Å². The number of aromatic nitrogens is 3. The van der Waals surface area contributed by atoms with Crippen LogP contribution in [0.3, 0.4) is 0 Å². The summed E-state index contributed by atoms with van der Waals surface area (Å²) in [6.45, 7) is 4.55. The van der Waals surface area contributed by atoms with Gasteiger partial charge in [0.15, 0.2) is 0 Å². The van der Waals surface area contributed by atoms with Crippen molar-refractivity contribution in [3.63, 3.8) is 0 Å². The van der Waals surface area contributed by atoms with Gasteiger partial charge in [-0.1, -0.05) is 0 Å². The van der Waals surface area contributed by atoms with Crippen LogP contribution >= 0.6 is 0 Å². The van der Waals surface area contributed by atoms with Gasteiger partial charge < -0.3 is 19.1 Å². The highest BCUT2D eigenvalue weighted by Gasteiger charge is 2.34. The standard InChI is InChI=1S/C14H24N4O3/c1-20-7-6-18-10-15-16-14(18)11-2-4-17(5-3-11)12-8-21-9-13(12)19/h10-13,19H,2-9H2,1H3/t12-,13+/m1/s1. The molecule has 1 aromatic rings. The van der Waals surface area contributed by atoms with Crippen molar-refractivity contribution in [2.75, 3.05) is 40.0 Å². The molecule has 2 aliphatic heterocycles. The van der Waals surface area contributed by atoms with Crippen molar-refractivity contribution in [1.82, 2.24) is 19.7 Å². The Kier molecular flexibility index (Phi) is 4.84. The molecule has 0 bridgehead atoms. The summed E-state index contributed by atoms with van der Waals surface area (Å²) in [4.78, 5) is 2.35. The molecule has 7 nitrogen and oxygen atoms in total. The second kappa shape index (κ2) is 6.83. The quantitative estimate of drug-likeness (QED) is 0.815. The number of hydrogen-bond acceptors (Lipinski definition) is 6. The summed E-state index contributed by atoms with van der Waals surface area (Å²) >= 11 is 0. The minimum absolute atomic E-state index is 0.164. The number of hydrogen-bond donors (Lipinski definition) is 1. The van der Waals surface area contributed by atoms with Gasteiger partial charge in [0.2, 0.25) is 0 Å². The molecule has 21 heavy (non-hydrogen) atoms. The minimum Gasteiger partial charge on any atom is -0.389 e. The van der Waals surface area contributed by atoms with Gasteiger partial charge in [-0.2, -0.15) is 0 Å². The molecule has 2 aliphatic rings. The largest absolute Gasteiger partial charge is 0.389 e. The van der Waals surface area contributed by atoms with Crippen molar-refractivity contribution in [2.24, 2.45) is 0 Å². The van der Waals surface area contributed by atoms with Gasteiger partial charge in [0, 0.05) is 19.6 Å². The first kappa shape index (κ1) is 14.9. The molecule has 0 saturated carbocycles. The van der Waals surface area contributed by atoms with Crippen LogP contribution in [-0.4, -0.2) is 76.9 Å². The molecule has 2 saturated heterocycles.